The van der Waals surface area contributed by atoms with Gasteiger partial charge >= 0.3 is 0 Å². The minimum absolute atomic E-state index is 0.0631. The van der Waals surface area contributed by atoms with Crippen LogP contribution in [0.25, 0.3) is 10.6 Å². The summed E-state index contributed by atoms with van der Waals surface area (Å²) in [5, 5.41) is 3.87. The van der Waals surface area contributed by atoms with Gasteiger partial charge < -0.3 is 10.1 Å². The van der Waals surface area contributed by atoms with Gasteiger partial charge in [-0.1, -0.05) is 42.0 Å². The third-order valence-electron chi connectivity index (χ3n) is 4.16. The van der Waals surface area contributed by atoms with Crippen LogP contribution in [0.2, 0.25) is 0 Å². The van der Waals surface area contributed by atoms with E-state index in [0.29, 0.717) is 11.4 Å². The number of thiazole rings is 1. The molecule has 0 saturated carbocycles. The van der Waals surface area contributed by atoms with Gasteiger partial charge in [-0.2, -0.15) is 0 Å². The first-order valence-corrected chi connectivity index (χ1v) is 9.34. The van der Waals surface area contributed by atoms with Crippen LogP contribution in [0.4, 0.5) is 0 Å². The minimum Gasteiger partial charge on any atom is -0.497 e. The van der Waals surface area contributed by atoms with Crippen LogP contribution < -0.4 is 10.1 Å². The molecule has 0 spiro atoms. The molecule has 0 unspecified atom stereocenters. The maximum Gasteiger partial charge on any atom is 0.263 e. The van der Waals surface area contributed by atoms with Crippen molar-refractivity contribution >= 4 is 17.2 Å². The summed E-state index contributed by atoms with van der Waals surface area (Å²) in [6.07, 6.45) is 0.776. The Bertz CT molecular complexity index is 883. The molecule has 0 atom stereocenters. The summed E-state index contributed by atoms with van der Waals surface area (Å²) in [6, 6.07) is 16.1. The van der Waals surface area contributed by atoms with Gasteiger partial charge in [0.1, 0.15) is 15.6 Å². The number of aromatic nitrogens is 1. The average Bonchev–Trinajstić information content (AvgIpc) is 3.04. The number of nitrogens with one attached hydrogen (secondary N) is 1. The Morgan fingerprint density at radius 2 is 1.77 bits per heavy atom. The Balaban J connectivity index is 1.61. The molecule has 5 heteroatoms. The number of aryl methyl sites for hydroxylation is 2. The zero-order valence-electron chi connectivity index (χ0n) is 15.2. The van der Waals surface area contributed by atoms with Crippen LogP contribution >= 0.6 is 11.3 Å². The van der Waals surface area contributed by atoms with E-state index in [1.165, 1.54) is 16.9 Å². The van der Waals surface area contributed by atoms with Crippen LogP contribution in [0.3, 0.4) is 0 Å². The highest BCUT2D eigenvalue weighted by Gasteiger charge is 2.15. The zero-order chi connectivity index (χ0) is 18.5. The smallest absolute Gasteiger partial charge is 0.263 e. The molecule has 4 nitrogen and oxygen atoms in total. The van der Waals surface area contributed by atoms with E-state index in [4.69, 9.17) is 4.74 Å². The SMILES string of the molecule is COc1ccc(CCNC(=O)c2sc(-c3ccc(C)cc3)nc2C)cc1. The molecule has 0 saturated heterocycles. The Labute approximate surface area is 157 Å². The summed E-state index contributed by atoms with van der Waals surface area (Å²) in [5.74, 6) is 0.772. The summed E-state index contributed by atoms with van der Waals surface area (Å²) in [5.41, 5.74) is 4.18. The maximum absolute atomic E-state index is 12.5. The van der Waals surface area contributed by atoms with Gasteiger partial charge in [-0.3, -0.25) is 4.79 Å². The second-order valence-electron chi connectivity index (χ2n) is 6.15. The van der Waals surface area contributed by atoms with Crippen molar-refractivity contribution in [3.05, 3.63) is 70.2 Å². The van der Waals surface area contributed by atoms with E-state index in [-0.39, 0.29) is 5.91 Å². The number of hydrogen-bond donors (Lipinski definition) is 1. The number of amides is 1. The summed E-state index contributed by atoms with van der Waals surface area (Å²) in [6.45, 7) is 4.52. The fourth-order valence-electron chi connectivity index (χ4n) is 2.62. The fraction of sp³-hybridized carbons (Fsp3) is 0.238. The van der Waals surface area contributed by atoms with Gasteiger partial charge in [0, 0.05) is 12.1 Å². The van der Waals surface area contributed by atoms with Gasteiger partial charge in [0.2, 0.25) is 0 Å². The Morgan fingerprint density at radius 1 is 1.08 bits per heavy atom. The lowest BCUT2D eigenvalue weighted by Gasteiger charge is -2.05. The molecule has 26 heavy (non-hydrogen) atoms. The number of nitrogens with zero attached hydrogens (tertiary/aromatic N) is 1. The summed E-state index contributed by atoms with van der Waals surface area (Å²) >= 11 is 1.44. The van der Waals surface area contributed by atoms with Crippen LogP contribution in [-0.2, 0) is 6.42 Å². The van der Waals surface area contributed by atoms with Gasteiger partial charge in [0.05, 0.1) is 12.8 Å². The predicted octanol–water partition coefficient (Wildman–Crippen LogP) is 4.41. The summed E-state index contributed by atoms with van der Waals surface area (Å²) < 4.78 is 5.15. The Morgan fingerprint density at radius 3 is 2.42 bits per heavy atom. The van der Waals surface area contributed by atoms with Crippen molar-refractivity contribution in [3.63, 3.8) is 0 Å². The van der Waals surface area contributed by atoms with E-state index in [0.717, 1.165) is 34.0 Å². The second-order valence-corrected chi connectivity index (χ2v) is 7.15. The first-order valence-electron chi connectivity index (χ1n) is 8.52. The quantitative estimate of drug-likeness (QED) is 0.703. The van der Waals surface area contributed by atoms with Crippen LogP contribution in [0.5, 0.6) is 5.75 Å². The molecule has 1 heterocycles. The van der Waals surface area contributed by atoms with Crippen molar-refractivity contribution in [3.8, 4) is 16.3 Å². The van der Waals surface area contributed by atoms with Crippen LogP contribution in [0, 0.1) is 13.8 Å². The molecule has 3 aromatic rings. The molecule has 2 aromatic carbocycles. The highest BCUT2D eigenvalue weighted by molar-refractivity contribution is 7.17. The largest absolute Gasteiger partial charge is 0.497 e. The van der Waals surface area contributed by atoms with Gasteiger partial charge in [-0.25, -0.2) is 4.98 Å². The standard InChI is InChI=1S/C21H22N2O2S/c1-14-4-8-17(9-5-14)21-23-15(2)19(26-21)20(24)22-13-12-16-6-10-18(25-3)11-7-16/h4-11H,12-13H2,1-3H3,(H,22,24). The zero-order valence-corrected chi connectivity index (χ0v) is 16.0. The lowest BCUT2D eigenvalue weighted by Crippen LogP contribution is -2.25. The average molecular weight is 366 g/mol. The van der Waals surface area contributed by atoms with E-state index in [1.54, 1.807) is 7.11 Å². The van der Waals surface area contributed by atoms with Crippen molar-refractivity contribution in [1.82, 2.24) is 10.3 Å². The molecular weight excluding hydrogens is 344 g/mol. The van der Waals surface area contributed by atoms with Crippen LogP contribution in [0.15, 0.2) is 48.5 Å². The molecule has 0 aliphatic carbocycles. The van der Waals surface area contributed by atoms with E-state index >= 15 is 0 Å². The molecule has 134 valence electrons. The van der Waals surface area contributed by atoms with Gasteiger partial charge in [-0.15, -0.1) is 11.3 Å². The Hall–Kier alpha value is -2.66. The highest BCUT2D eigenvalue weighted by Crippen LogP contribution is 2.28. The van der Waals surface area contributed by atoms with E-state index in [1.807, 2.05) is 43.3 Å². The molecule has 0 aliphatic heterocycles. The third-order valence-corrected chi connectivity index (χ3v) is 5.36. The van der Waals surface area contributed by atoms with Crippen molar-refractivity contribution < 1.29 is 9.53 Å². The lowest BCUT2D eigenvalue weighted by molar-refractivity contribution is 0.0957. The van der Waals surface area contributed by atoms with Crippen molar-refractivity contribution in [2.24, 2.45) is 0 Å². The van der Waals surface area contributed by atoms with Gasteiger partial charge in [-0.05, 0) is 38.0 Å². The van der Waals surface area contributed by atoms with Crippen molar-refractivity contribution in [2.45, 2.75) is 20.3 Å². The first kappa shape index (κ1) is 18.1. The molecule has 0 aliphatic rings. The van der Waals surface area contributed by atoms with Crippen molar-refractivity contribution in [1.29, 1.82) is 0 Å². The molecule has 3 rings (SSSR count). The van der Waals surface area contributed by atoms with E-state index in [9.17, 15) is 4.79 Å². The molecule has 1 amide bonds. The number of ether oxygens (including phenoxy) is 1. The maximum atomic E-state index is 12.5. The number of hydrogen-bond acceptors (Lipinski definition) is 4. The highest BCUT2D eigenvalue weighted by atomic mass is 32.1. The van der Waals surface area contributed by atoms with Crippen LogP contribution in [0.1, 0.15) is 26.5 Å². The molecular formula is C21H22N2O2S. The fourth-order valence-corrected chi connectivity index (χ4v) is 3.61. The first-order chi connectivity index (χ1) is 12.6. The van der Waals surface area contributed by atoms with Gasteiger partial charge in [0.15, 0.2) is 0 Å². The second kappa shape index (κ2) is 8.15. The number of rotatable bonds is 6. The Kier molecular flexibility index (Phi) is 5.68. The molecule has 0 radical (unpaired) electrons. The number of benzene rings is 2. The number of carbonyl (C=O) groups excluding carboxylic acids is 1. The van der Waals surface area contributed by atoms with Crippen molar-refractivity contribution in [2.75, 3.05) is 13.7 Å². The number of carbonyl (C=O) groups is 1. The normalized spacial score (nSPS) is 10.6. The van der Waals surface area contributed by atoms with Gasteiger partial charge in [0.25, 0.3) is 5.91 Å². The molecule has 0 fully saturated rings. The van der Waals surface area contributed by atoms with E-state index < -0.39 is 0 Å². The van der Waals surface area contributed by atoms with Crippen LogP contribution in [-0.4, -0.2) is 24.5 Å². The minimum atomic E-state index is -0.0631. The monoisotopic (exact) mass is 366 g/mol. The predicted molar refractivity (Wildman–Crippen MR) is 106 cm³/mol. The molecule has 1 N–H and O–H groups in total. The number of methoxy groups -OCH3 is 1. The third kappa shape index (κ3) is 4.29. The lowest BCUT2D eigenvalue weighted by atomic mass is 10.1. The molecule has 0 bridgehead atoms. The summed E-state index contributed by atoms with van der Waals surface area (Å²) in [4.78, 5) is 17.7. The summed E-state index contributed by atoms with van der Waals surface area (Å²) in [7, 11) is 1.65. The topological polar surface area (TPSA) is 51.2 Å². The molecule has 1 aromatic heterocycles. The van der Waals surface area contributed by atoms with E-state index in [2.05, 4.69) is 29.4 Å².